The molecule has 32 valence electrons. The first-order chi connectivity index (χ1) is 2.00. The second kappa shape index (κ2) is 6.20. The molecule has 0 aromatic carbocycles. The maximum absolute atomic E-state index is 8.92. The molecule has 3 nitrogen and oxygen atoms in total. The van der Waals surface area contributed by atoms with E-state index >= 15 is 0 Å². The quantitative estimate of drug-likeness (QED) is 0.359. The van der Waals surface area contributed by atoms with Crippen molar-refractivity contribution in [2.45, 2.75) is 0 Å². The van der Waals surface area contributed by atoms with Crippen LogP contribution in [0.1, 0.15) is 0 Å². The molecule has 0 aromatic rings. The average molecular weight is 289 g/mol. The third-order valence-electron chi connectivity index (χ3n) is 0. The van der Waals surface area contributed by atoms with E-state index < -0.39 is 6.72 Å². The summed E-state index contributed by atoms with van der Waals surface area (Å²) in [5.74, 6) is 0. The molecule has 7 heavy (non-hydrogen) atoms. The van der Waals surface area contributed by atoms with Gasteiger partial charge in [0.05, 0.1) is 0 Å². The topological polar surface area (TPSA) is 69.2 Å². The molecule has 0 rings (SSSR count). The zero-order valence-corrected chi connectivity index (χ0v) is 12.2. The number of hydrogen-bond acceptors (Lipinski definition) is 4. The minimum Gasteiger partial charge on any atom is -0.844 e. The van der Waals surface area contributed by atoms with Crippen LogP contribution in [0.4, 0.5) is 0 Å². The van der Waals surface area contributed by atoms with Gasteiger partial charge in [-0.25, -0.2) is 0 Å². The van der Waals surface area contributed by atoms with Crippen LogP contribution in [0.3, 0.4) is 0 Å². The second-order valence-electron chi connectivity index (χ2n) is 0.447. The van der Waals surface area contributed by atoms with Gasteiger partial charge in [0, 0.05) is 0 Å². The summed E-state index contributed by atoms with van der Waals surface area (Å²) in [6, 6.07) is 0. The van der Waals surface area contributed by atoms with E-state index in [1.54, 1.807) is 0 Å². The summed E-state index contributed by atoms with van der Waals surface area (Å²) in [4.78, 5) is 26.8. The molecule has 0 unspecified atom stereocenters. The molecule has 0 aliphatic heterocycles. The molecule has 0 aliphatic rings. The Morgan fingerprint density at radius 3 is 1.14 bits per heavy atom. The van der Waals surface area contributed by atoms with Crippen molar-refractivity contribution in [3.05, 3.63) is 0 Å². The van der Waals surface area contributed by atoms with Crippen LogP contribution in [0.5, 0.6) is 0 Å². The summed E-state index contributed by atoms with van der Waals surface area (Å²) in [6.07, 6.45) is 0. The molecule has 0 amide bonds. The van der Waals surface area contributed by atoms with Crippen molar-refractivity contribution in [2.24, 2.45) is 0 Å². The molecule has 0 aliphatic carbocycles. The molecule has 0 fully saturated rings. The molecule has 0 spiro atoms. The monoisotopic (exact) mass is 289 g/mol. The van der Waals surface area contributed by atoms with Crippen molar-refractivity contribution >= 4 is 18.5 Å². The first-order valence-electron chi connectivity index (χ1n) is 0.730. The fourth-order valence-electron chi connectivity index (χ4n) is 0. The molecular weight excluding hydrogens is 289 g/mol. The fourth-order valence-corrected chi connectivity index (χ4v) is 0. The summed E-state index contributed by atoms with van der Waals surface area (Å²) in [5, 5.41) is 0. The third kappa shape index (κ3) is 69.2. The Balaban J connectivity index is -0.0000000800. The van der Waals surface area contributed by atoms with E-state index in [1.165, 1.54) is 0 Å². The summed E-state index contributed by atoms with van der Waals surface area (Å²) in [5.41, 5.74) is 0. The number of rotatable bonds is 0. The van der Waals surface area contributed by atoms with Gasteiger partial charge in [-0.15, -0.1) is 0 Å². The van der Waals surface area contributed by atoms with Crippen LogP contribution >= 0.6 is 6.72 Å². The molecule has 7 heteroatoms. The van der Waals surface area contributed by atoms with E-state index in [4.69, 9.17) is 14.7 Å². The van der Waals surface area contributed by atoms with Gasteiger partial charge in [0.1, 0.15) is 0 Å². The summed E-state index contributed by atoms with van der Waals surface area (Å²) >= 11 is 3.27. The molecule has 0 bridgehead atoms. The SMILES string of the molecule is [Cd+2].[O-]P([O-])([O-])=S.[Zn+2]. The Labute approximate surface area is 79.3 Å². The van der Waals surface area contributed by atoms with Gasteiger partial charge in [0.15, 0.2) is 0 Å². The van der Waals surface area contributed by atoms with Gasteiger partial charge >= 0.3 is 46.8 Å². The Morgan fingerprint density at radius 1 is 1.14 bits per heavy atom. The van der Waals surface area contributed by atoms with Crippen LogP contribution in [-0.2, 0) is 58.6 Å². The van der Waals surface area contributed by atoms with Crippen molar-refractivity contribution in [3.63, 3.8) is 0 Å². The van der Waals surface area contributed by atoms with E-state index in [0.29, 0.717) is 0 Å². The molecule has 0 saturated heterocycles. The first-order valence-corrected chi connectivity index (χ1v) is 3.29. The largest absolute Gasteiger partial charge is 2.00 e. The van der Waals surface area contributed by atoms with Crippen molar-refractivity contribution in [1.82, 2.24) is 0 Å². The first kappa shape index (κ1) is 16.0. The van der Waals surface area contributed by atoms with Crippen molar-refractivity contribution in [2.75, 3.05) is 0 Å². The predicted molar refractivity (Wildman–Crippen MR) is 14.3 cm³/mol. The van der Waals surface area contributed by atoms with Gasteiger partial charge in [-0.1, -0.05) is 0 Å². The molecule has 0 atom stereocenters. The van der Waals surface area contributed by atoms with Gasteiger partial charge in [0.25, 0.3) is 0 Å². The van der Waals surface area contributed by atoms with E-state index in [1.807, 2.05) is 0 Å². The Morgan fingerprint density at radius 2 is 1.14 bits per heavy atom. The van der Waals surface area contributed by atoms with E-state index in [9.17, 15) is 0 Å². The van der Waals surface area contributed by atoms with Crippen LogP contribution in [0.15, 0.2) is 0 Å². The maximum Gasteiger partial charge on any atom is 2.00 e. The van der Waals surface area contributed by atoms with Crippen LogP contribution in [-0.4, -0.2) is 0 Å². The molecule has 0 radical (unpaired) electrons. The molecule has 0 aromatic heterocycles. The molecule has 0 N–H and O–H groups in total. The molecule has 0 heterocycles. The van der Waals surface area contributed by atoms with Gasteiger partial charge in [0.2, 0.25) is 0 Å². The van der Waals surface area contributed by atoms with Gasteiger partial charge in [-0.3, -0.25) is 0 Å². The summed E-state index contributed by atoms with van der Waals surface area (Å²) in [6.45, 7) is -4.56. The predicted octanol–water partition coefficient (Wildman–Crippen LogP) is -2.71. The fraction of sp³-hybridized carbons (Fsp3) is 0. The maximum atomic E-state index is 8.92. The zero-order chi connectivity index (χ0) is 4.50. The summed E-state index contributed by atoms with van der Waals surface area (Å²) in [7, 11) is 0. The Hall–Kier alpha value is 2.08. The van der Waals surface area contributed by atoms with E-state index in [-0.39, 0.29) is 46.8 Å². The van der Waals surface area contributed by atoms with Crippen LogP contribution in [0, 0.1) is 0 Å². The molecule has 0 saturated carbocycles. The number of hydrogen-bond donors (Lipinski definition) is 0. The smallest absolute Gasteiger partial charge is 0.844 e. The van der Waals surface area contributed by atoms with Crippen LogP contribution < -0.4 is 14.7 Å². The normalized spacial score (nSPS) is 8.43. The van der Waals surface area contributed by atoms with Crippen molar-refractivity contribution in [1.29, 1.82) is 0 Å². The Kier molecular flexibility index (Phi) is 14.2. The second-order valence-corrected chi connectivity index (χ2v) is 2.68. The minimum atomic E-state index is -4.56. The van der Waals surface area contributed by atoms with Crippen LogP contribution in [0.2, 0.25) is 0 Å². The minimum absolute atomic E-state index is 0. The van der Waals surface area contributed by atoms with Crippen molar-refractivity contribution < 1.29 is 61.5 Å². The van der Waals surface area contributed by atoms with Gasteiger partial charge in [-0.2, -0.15) is 11.8 Å². The van der Waals surface area contributed by atoms with Crippen molar-refractivity contribution in [3.8, 4) is 0 Å². The van der Waals surface area contributed by atoms with Gasteiger partial charge in [-0.05, 0) is 0 Å². The molecular formula is CdO3PSZn+. The van der Waals surface area contributed by atoms with Crippen LogP contribution in [0.25, 0.3) is 0 Å². The summed E-state index contributed by atoms with van der Waals surface area (Å²) < 4.78 is 0. The Bertz CT molecular complexity index is 61.1. The average Bonchev–Trinajstić information content (AvgIpc) is 0.722. The third-order valence-corrected chi connectivity index (χ3v) is 0. The van der Waals surface area contributed by atoms with Gasteiger partial charge < -0.3 is 21.4 Å². The zero-order valence-electron chi connectivity index (χ0n) is 3.49. The standard InChI is InChI=1S/Cd.H3O3PS.Zn/c;1-4(2,3)5;/h;(H3,1,2,3,5);/q+2;;+2/p-3. The van der Waals surface area contributed by atoms with E-state index in [0.717, 1.165) is 0 Å². The van der Waals surface area contributed by atoms with E-state index in [2.05, 4.69) is 11.8 Å².